The Labute approximate surface area is 131 Å². The van der Waals surface area contributed by atoms with E-state index in [9.17, 15) is 13.2 Å². The predicted octanol–water partition coefficient (Wildman–Crippen LogP) is 5.05. The largest absolute Gasteiger partial charge is 0.391 e. The zero-order valence-corrected chi connectivity index (χ0v) is 13.8. The molecule has 1 aliphatic carbocycles. The Morgan fingerprint density at radius 3 is 2.29 bits per heavy atom. The van der Waals surface area contributed by atoms with Crippen LogP contribution in [0.2, 0.25) is 0 Å². The van der Waals surface area contributed by atoms with Crippen LogP contribution in [-0.4, -0.2) is 26.3 Å². The van der Waals surface area contributed by atoms with Gasteiger partial charge in [0.15, 0.2) is 0 Å². The number of nitrogens with zero attached hydrogens (tertiary/aromatic N) is 1. The molecule has 1 aliphatic rings. The maximum Gasteiger partial charge on any atom is 0.391 e. The third kappa shape index (κ3) is 4.28. The summed E-state index contributed by atoms with van der Waals surface area (Å²) in [6, 6.07) is 6.04. The van der Waals surface area contributed by atoms with Gasteiger partial charge in [0.2, 0.25) is 0 Å². The topological polar surface area (TPSA) is 15.3 Å². The van der Waals surface area contributed by atoms with Gasteiger partial charge in [0, 0.05) is 24.6 Å². The van der Waals surface area contributed by atoms with Crippen LogP contribution in [0.5, 0.6) is 0 Å². The third-order valence-corrected chi connectivity index (χ3v) is 4.48. The molecule has 6 heteroatoms. The van der Waals surface area contributed by atoms with Crippen LogP contribution in [-0.2, 0) is 0 Å². The van der Waals surface area contributed by atoms with Crippen molar-refractivity contribution in [2.24, 2.45) is 5.92 Å². The minimum atomic E-state index is -4.05. The van der Waals surface area contributed by atoms with Crippen molar-refractivity contribution in [2.75, 3.05) is 24.3 Å². The van der Waals surface area contributed by atoms with Crippen LogP contribution < -0.4 is 10.2 Å². The Morgan fingerprint density at radius 1 is 1.14 bits per heavy atom. The summed E-state index contributed by atoms with van der Waals surface area (Å²) >= 11 is 3.44. The van der Waals surface area contributed by atoms with Gasteiger partial charge >= 0.3 is 6.18 Å². The van der Waals surface area contributed by atoms with E-state index in [-0.39, 0.29) is 18.9 Å². The van der Waals surface area contributed by atoms with Crippen LogP contribution in [0.3, 0.4) is 0 Å². The predicted molar refractivity (Wildman–Crippen MR) is 83.9 cm³/mol. The molecule has 1 N–H and O–H groups in total. The van der Waals surface area contributed by atoms with Gasteiger partial charge in [0.25, 0.3) is 0 Å². The van der Waals surface area contributed by atoms with E-state index in [0.717, 1.165) is 15.8 Å². The molecule has 0 unspecified atom stereocenters. The smallest absolute Gasteiger partial charge is 0.381 e. The SMILES string of the molecule is CN(C)c1ccc(Br)cc1NC1CCC(C(F)(F)F)CC1. The second-order valence-corrected chi connectivity index (χ2v) is 6.71. The van der Waals surface area contributed by atoms with Crippen molar-refractivity contribution in [1.29, 1.82) is 0 Å². The molecule has 0 atom stereocenters. The Morgan fingerprint density at radius 2 is 1.76 bits per heavy atom. The first-order chi connectivity index (χ1) is 9.77. The fraction of sp³-hybridized carbons (Fsp3) is 0.600. The standard InChI is InChI=1S/C15H20BrF3N2/c1-21(2)14-8-5-11(16)9-13(14)20-12-6-3-10(4-7-12)15(17,18)19/h5,8-10,12,20H,3-4,6-7H2,1-2H3. The molecule has 0 aromatic heterocycles. The average Bonchev–Trinajstić information content (AvgIpc) is 2.38. The Hall–Kier alpha value is -0.910. The van der Waals surface area contributed by atoms with Crippen molar-refractivity contribution in [3.8, 4) is 0 Å². The van der Waals surface area contributed by atoms with E-state index in [2.05, 4.69) is 21.2 Å². The van der Waals surface area contributed by atoms with Crippen LogP contribution in [0.25, 0.3) is 0 Å². The van der Waals surface area contributed by atoms with Gasteiger partial charge in [0.05, 0.1) is 17.3 Å². The zero-order valence-electron chi connectivity index (χ0n) is 12.2. The van der Waals surface area contributed by atoms with Crippen molar-refractivity contribution >= 4 is 27.3 Å². The number of hydrogen-bond acceptors (Lipinski definition) is 2. The molecule has 2 rings (SSSR count). The normalized spacial score (nSPS) is 23.0. The monoisotopic (exact) mass is 364 g/mol. The van der Waals surface area contributed by atoms with Gasteiger partial charge in [-0.2, -0.15) is 13.2 Å². The quantitative estimate of drug-likeness (QED) is 0.807. The van der Waals surface area contributed by atoms with E-state index in [1.54, 1.807) is 0 Å². The van der Waals surface area contributed by atoms with E-state index in [0.29, 0.717) is 12.8 Å². The van der Waals surface area contributed by atoms with Crippen LogP contribution in [0.1, 0.15) is 25.7 Å². The van der Waals surface area contributed by atoms with Gasteiger partial charge in [-0.1, -0.05) is 15.9 Å². The maximum absolute atomic E-state index is 12.7. The summed E-state index contributed by atoms with van der Waals surface area (Å²) in [6.45, 7) is 0. The van der Waals surface area contributed by atoms with Crippen LogP contribution in [0.15, 0.2) is 22.7 Å². The highest BCUT2D eigenvalue weighted by Gasteiger charge is 2.41. The van der Waals surface area contributed by atoms with Crippen molar-refractivity contribution in [3.05, 3.63) is 22.7 Å². The highest BCUT2D eigenvalue weighted by atomic mass is 79.9. The lowest BCUT2D eigenvalue weighted by Crippen LogP contribution is -2.33. The van der Waals surface area contributed by atoms with Gasteiger partial charge in [-0.25, -0.2) is 0 Å². The molecule has 0 aliphatic heterocycles. The minimum Gasteiger partial charge on any atom is -0.381 e. The van der Waals surface area contributed by atoms with Crippen molar-refractivity contribution in [3.63, 3.8) is 0 Å². The van der Waals surface area contributed by atoms with Crippen LogP contribution >= 0.6 is 15.9 Å². The summed E-state index contributed by atoms with van der Waals surface area (Å²) in [4.78, 5) is 2.00. The highest BCUT2D eigenvalue weighted by molar-refractivity contribution is 9.10. The van der Waals surface area contributed by atoms with Gasteiger partial charge < -0.3 is 10.2 Å². The minimum absolute atomic E-state index is 0.108. The van der Waals surface area contributed by atoms with Crippen molar-refractivity contribution in [1.82, 2.24) is 0 Å². The first-order valence-electron chi connectivity index (χ1n) is 7.07. The first kappa shape index (κ1) is 16.5. The van der Waals surface area contributed by atoms with Gasteiger partial charge in [-0.3, -0.25) is 0 Å². The summed E-state index contributed by atoms with van der Waals surface area (Å²) in [5.41, 5.74) is 2.00. The van der Waals surface area contributed by atoms with Crippen LogP contribution in [0.4, 0.5) is 24.5 Å². The second-order valence-electron chi connectivity index (χ2n) is 5.79. The average molecular weight is 365 g/mol. The van der Waals surface area contributed by atoms with Crippen molar-refractivity contribution < 1.29 is 13.2 Å². The maximum atomic E-state index is 12.7. The molecular weight excluding hydrogens is 345 g/mol. The molecule has 118 valence electrons. The molecule has 2 nitrogen and oxygen atoms in total. The molecule has 0 saturated heterocycles. The fourth-order valence-electron chi connectivity index (χ4n) is 2.80. The Bertz CT molecular complexity index is 480. The Balaban J connectivity index is 2.02. The number of alkyl halides is 3. The number of anilines is 2. The van der Waals surface area contributed by atoms with E-state index in [1.165, 1.54) is 0 Å². The summed E-state index contributed by atoms with van der Waals surface area (Å²) in [7, 11) is 3.91. The summed E-state index contributed by atoms with van der Waals surface area (Å²) in [5.74, 6) is -1.13. The van der Waals surface area contributed by atoms with E-state index in [4.69, 9.17) is 0 Å². The van der Waals surface area contributed by atoms with E-state index >= 15 is 0 Å². The summed E-state index contributed by atoms with van der Waals surface area (Å²) in [6.07, 6.45) is -2.50. The van der Waals surface area contributed by atoms with Gasteiger partial charge in [-0.15, -0.1) is 0 Å². The second kappa shape index (κ2) is 6.46. The highest BCUT2D eigenvalue weighted by Crippen LogP contribution is 2.39. The first-order valence-corrected chi connectivity index (χ1v) is 7.87. The fourth-order valence-corrected chi connectivity index (χ4v) is 3.16. The molecule has 0 spiro atoms. The van der Waals surface area contributed by atoms with Crippen molar-refractivity contribution in [2.45, 2.75) is 37.9 Å². The number of rotatable bonds is 3. The summed E-state index contributed by atoms with van der Waals surface area (Å²) < 4.78 is 39.0. The lowest BCUT2D eigenvalue weighted by molar-refractivity contribution is -0.182. The molecule has 0 heterocycles. The molecule has 1 aromatic carbocycles. The number of nitrogens with one attached hydrogen (secondary N) is 1. The Kier molecular flexibility index (Phi) is 5.07. The molecule has 1 saturated carbocycles. The lowest BCUT2D eigenvalue weighted by Gasteiger charge is -2.32. The lowest BCUT2D eigenvalue weighted by atomic mass is 9.85. The molecular formula is C15H20BrF3N2. The molecule has 1 fully saturated rings. The summed E-state index contributed by atoms with van der Waals surface area (Å²) in [5, 5.41) is 3.40. The molecule has 21 heavy (non-hydrogen) atoms. The third-order valence-electron chi connectivity index (χ3n) is 3.99. The van der Waals surface area contributed by atoms with Gasteiger partial charge in [-0.05, 0) is 43.9 Å². The zero-order chi connectivity index (χ0) is 15.6. The molecule has 0 amide bonds. The van der Waals surface area contributed by atoms with Gasteiger partial charge in [0.1, 0.15) is 0 Å². The number of halogens is 4. The molecule has 0 bridgehead atoms. The molecule has 0 radical (unpaired) electrons. The number of hydrogen-bond donors (Lipinski definition) is 1. The van der Waals surface area contributed by atoms with E-state index in [1.807, 2.05) is 37.2 Å². The number of benzene rings is 1. The molecule has 1 aromatic rings. The van der Waals surface area contributed by atoms with Crippen LogP contribution in [0, 0.1) is 5.92 Å². The van der Waals surface area contributed by atoms with E-state index < -0.39 is 12.1 Å².